The number of pyridine rings is 1. The summed E-state index contributed by atoms with van der Waals surface area (Å²) in [7, 11) is 3.74. The Balaban J connectivity index is 1.30. The second-order valence-electron chi connectivity index (χ2n) is 21.4. The Morgan fingerprint density at radius 1 is 0.947 bits per heavy atom. The van der Waals surface area contributed by atoms with Crippen molar-refractivity contribution in [2.75, 3.05) is 27.2 Å². The van der Waals surface area contributed by atoms with Crippen molar-refractivity contribution < 1.29 is 34.1 Å². The zero-order chi connectivity index (χ0) is 42.1. The lowest BCUT2D eigenvalue weighted by Gasteiger charge is -2.72. The van der Waals surface area contributed by atoms with Gasteiger partial charge in [0.2, 0.25) is 5.91 Å². The number of aromatic nitrogens is 1. The number of ketones is 1. The van der Waals surface area contributed by atoms with Gasteiger partial charge in [0, 0.05) is 30.0 Å². The van der Waals surface area contributed by atoms with Crippen molar-refractivity contribution in [3.8, 4) is 0 Å². The van der Waals surface area contributed by atoms with Crippen LogP contribution in [0.15, 0.2) is 35.5 Å². The number of ether oxygens (including phenoxy) is 1. The predicted octanol–water partition coefficient (Wildman–Crippen LogP) is 7.73. The summed E-state index contributed by atoms with van der Waals surface area (Å²) in [4.78, 5) is 61.1. The number of carboxylic acids is 1. The molecule has 2 N–H and O–H groups in total. The number of esters is 1. The van der Waals surface area contributed by atoms with Crippen LogP contribution in [-0.2, 0) is 30.5 Å². The van der Waals surface area contributed by atoms with Crippen LogP contribution >= 0.6 is 0 Å². The standard InChI is InChI=1S/C47H71N3O7/c1-29(2)39-32(51)24-47(35(52)27-50(37(53)28-49(10)11)26-30-14-12-13-23-48-30)22-21-45(8)31(40(39)47)15-16-34-44(7)19-18-36(57-38(54)25-42(3,4)41(55)56)43(5,6)33(44)17-20-46(34,45)9/h12-14,23,29,31,33-36,52H,15-22,24-28H2,1-11H3,(H,55,56)/t31-,33+,34-,35+,36?,44+,45-,46-,47+/m1/s1. The van der Waals surface area contributed by atoms with Crippen molar-refractivity contribution in [3.63, 3.8) is 0 Å². The van der Waals surface area contributed by atoms with Gasteiger partial charge in [-0.25, -0.2) is 0 Å². The van der Waals surface area contributed by atoms with Crippen LogP contribution in [0.4, 0.5) is 0 Å². The van der Waals surface area contributed by atoms with Gasteiger partial charge in [0.1, 0.15) is 6.10 Å². The Kier molecular flexibility index (Phi) is 11.6. The van der Waals surface area contributed by atoms with Gasteiger partial charge in [0.15, 0.2) is 5.78 Å². The van der Waals surface area contributed by atoms with Gasteiger partial charge >= 0.3 is 11.9 Å². The second kappa shape index (κ2) is 15.2. The Hall–Kier alpha value is -3.11. The number of allylic oxidation sites excluding steroid dienone is 1. The molecule has 57 heavy (non-hydrogen) atoms. The first kappa shape index (κ1) is 43.5. The van der Waals surface area contributed by atoms with E-state index in [0.717, 1.165) is 56.2 Å². The average Bonchev–Trinajstić information content (AvgIpc) is 3.42. The van der Waals surface area contributed by atoms with Gasteiger partial charge in [-0.15, -0.1) is 0 Å². The summed E-state index contributed by atoms with van der Waals surface area (Å²) in [6.45, 7) is 20.1. The molecule has 0 spiro atoms. The lowest BCUT2D eigenvalue weighted by Crippen LogP contribution is -2.66. The van der Waals surface area contributed by atoms with Crippen LogP contribution in [0.5, 0.6) is 0 Å². The summed E-state index contributed by atoms with van der Waals surface area (Å²) >= 11 is 0. The molecule has 1 unspecified atom stereocenters. The number of carbonyl (C=O) groups excluding carboxylic acids is 3. The first-order chi connectivity index (χ1) is 26.4. The van der Waals surface area contributed by atoms with Gasteiger partial charge in [-0.1, -0.05) is 60.1 Å². The summed E-state index contributed by atoms with van der Waals surface area (Å²) in [6, 6.07) is 5.68. The Bertz CT molecular complexity index is 1770. The minimum atomic E-state index is -1.18. The Labute approximate surface area is 341 Å². The smallest absolute Gasteiger partial charge is 0.309 e. The first-order valence-electron chi connectivity index (χ1n) is 21.7. The Morgan fingerprint density at radius 2 is 1.65 bits per heavy atom. The summed E-state index contributed by atoms with van der Waals surface area (Å²) < 4.78 is 6.18. The molecule has 1 heterocycles. The maximum atomic E-state index is 14.3. The largest absolute Gasteiger partial charge is 0.481 e. The number of carboxylic acid groups (broad SMARTS) is 1. The number of amides is 1. The van der Waals surface area contributed by atoms with Crippen LogP contribution in [-0.4, -0.2) is 88.0 Å². The van der Waals surface area contributed by atoms with Crippen molar-refractivity contribution in [2.24, 2.45) is 56.2 Å². The van der Waals surface area contributed by atoms with Gasteiger partial charge in [-0.3, -0.25) is 24.2 Å². The molecule has 316 valence electrons. The molecular weight excluding hydrogens is 719 g/mol. The van der Waals surface area contributed by atoms with Crippen LogP contribution in [0.25, 0.3) is 0 Å². The third kappa shape index (κ3) is 7.20. The maximum absolute atomic E-state index is 14.3. The number of aliphatic hydroxyl groups excluding tert-OH is 1. The highest BCUT2D eigenvalue weighted by Gasteiger charge is 2.71. The number of rotatable bonds is 12. The molecule has 1 aromatic rings. The Morgan fingerprint density at radius 3 is 2.26 bits per heavy atom. The number of aliphatic hydroxyl groups is 1. The monoisotopic (exact) mass is 790 g/mol. The molecule has 10 heteroatoms. The zero-order valence-corrected chi connectivity index (χ0v) is 36.7. The van der Waals surface area contributed by atoms with Crippen molar-refractivity contribution in [2.45, 2.75) is 145 Å². The van der Waals surface area contributed by atoms with Crippen LogP contribution in [0.2, 0.25) is 0 Å². The van der Waals surface area contributed by atoms with Crippen molar-refractivity contribution in [3.05, 3.63) is 41.2 Å². The predicted molar refractivity (Wildman–Crippen MR) is 220 cm³/mol. The van der Waals surface area contributed by atoms with Crippen molar-refractivity contribution >= 4 is 23.6 Å². The quantitative estimate of drug-likeness (QED) is 0.204. The topological polar surface area (TPSA) is 137 Å². The van der Waals surface area contributed by atoms with Crippen molar-refractivity contribution in [1.29, 1.82) is 0 Å². The number of fused-ring (bicyclic) bond motifs is 7. The van der Waals surface area contributed by atoms with E-state index in [4.69, 9.17) is 4.74 Å². The minimum Gasteiger partial charge on any atom is -0.481 e. The molecule has 4 saturated carbocycles. The van der Waals surface area contributed by atoms with Crippen LogP contribution < -0.4 is 0 Å². The molecule has 5 aliphatic carbocycles. The minimum absolute atomic E-state index is 0.0152. The van der Waals surface area contributed by atoms with E-state index in [-0.39, 0.29) is 70.8 Å². The summed E-state index contributed by atoms with van der Waals surface area (Å²) in [6.07, 6.45) is 8.01. The molecule has 6 rings (SSSR count). The van der Waals surface area contributed by atoms with Crippen LogP contribution in [0.3, 0.4) is 0 Å². The van der Waals surface area contributed by atoms with Crippen LogP contribution in [0.1, 0.15) is 132 Å². The molecule has 0 aromatic carbocycles. The zero-order valence-electron chi connectivity index (χ0n) is 36.7. The molecule has 5 aliphatic rings. The lowest BCUT2D eigenvalue weighted by molar-refractivity contribution is -0.235. The van der Waals surface area contributed by atoms with Gasteiger partial charge in [0.05, 0.1) is 36.7 Å². The number of hydrogen-bond donors (Lipinski definition) is 2. The summed E-state index contributed by atoms with van der Waals surface area (Å²) in [5.74, 6) is -0.419. The molecule has 0 saturated heterocycles. The number of hydrogen-bond acceptors (Lipinski definition) is 8. The summed E-state index contributed by atoms with van der Waals surface area (Å²) in [5, 5.41) is 22.2. The van der Waals surface area contributed by atoms with Gasteiger partial charge in [-0.05, 0) is 137 Å². The van der Waals surface area contributed by atoms with E-state index < -0.39 is 28.9 Å². The second-order valence-corrected chi connectivity index (χ2v) is 21.4. The molecule has 10 nitrogen and oxygen atoms in total. The number of carbonyl (C=O) groups is 4. The third-order valence-corrected chi connectivity index (χ3v) is 16.8. The van der Waals surface area contributed by atoms with Gasteiger partial charge < -0.3 is 24.7 Å². The number of nitrogens with zero attached hydrogens (tertiary/aromatic N) is 3. The highest BCUT2D eigenvalue weighted by Crippen LogP contribution is 2.77. The lowest BCUT2D eigenvalue weighted by atomic mass is 9.33. The van der Waals surface area contributed by atoms with E-state index in [0.29, 0.717) is 31.2 Å². The average molecular weight is 790 g/mol. The molecule has 4 fully saturated rings. The third-order valence-electron chi connectivity index (χ3n) is 16.8. The SMILES string of the molecule is CC(C)C1=C2[C@H]3CC[C@@H]4[C@@]5(C)CCC(OC(=O)CC(C)(C)C(=O)O)C(C)(C)[C@@H]5CC[C@@]4(C)[C@]3(C)CC[C@@]2([C@@H](O)CN(Cc2ccccn2)C(=O)CN(C)C)CC1=O. The van der Waals surface area contributed by atoms with Crippen LogP contribution in [0, 0.1) is 56.2 Å². The van der Waals surface area contributed by atoms with E-state index in [1.807, 2.05) is 37.2 Å². The highest BCUT2D eigenvalue weighted by molar-refractivity contribution is 6.00. The fourth-order valence-electron chi connectivity index (χ4n) is 13.6. The number of likely N-dealkylation sites (N-methyl/N-ethyl adjacent to an activating group) is 1. The molecular formula is C47H71N3O7. The normalized spacial score (nSPS) is 35.2. The van der Waals surface area contributed by atoms with E-state index in [1.54, 1.807) is 24.9 Å². The van der Waals surface area contributed by atoms with E-state index in [1.165, 1.54) is 5.57 Å². The highest BCUT2D eigenvalue weighted by atomic mass is 16.5. The molecule has 0 bridgehead atoms. The van der Waals surface area contributed by atoms with Gasteiger partial charge in [-0.2, -0.15) is 0 Å². The fraction of sp³-hybridized carbons (Fsp3) is 0.766. The number of Topliss-reactive ketones (excluding diaryl/α,β-unsaturated/α-hetero) is 1. The maximum Gasteiger partial charge on any atom is 0.309 e. The molecule has 0 radical (unpaired) electrons. The van der Waals surface area contributed by atoms with E-state index in [9.17, 15) is 29.4 Å². The molecule has 1 amide bonds. The molecule has 9 atom stereocenters. The summed E-state index contributed by atoms with van der Waals surface area (Å²) in [5.41, 5.74) is 0.583. The van der Waals surface area contributed by atoms with E-state index in [2.05, 4.69) is 53.5 Å². The number of aliphatic carboxylic acids is 1. The van der Waals surface area contributed by atoms with Gasteiger partial charge in [0.25, 0.3) is 0 Å². The molecule has 1 aromatic heterocycles. The first-order valence-corrected chi connectivity index (χ1v) is 21.7. The van der Waals surface area contributed by atoms with Crippen molar-refractivity contribution in [1.82, 2.24) is 14.8 Å². The molecule has 0 aliphatic heterocycles. The fourth-order valence-corrected chi connectivity index (χ4v) is 13.6. The van der Waals surface area contributed by atoms with E-state index >= 15 is 0 Å².